The molecule has 8 nitrogen and oxygen atoms in total. The second-order valence-corrected chi connectivity index (χ2v) is 9.17. The fourth-order valence-electron chi connectivity index (χ4n) is 4.78. The molecule has 0 aliphatic heterocycles. The van der Waals surface area contributed by atoms with E-state index in [1.807, 2.05) is 11.9 Å². The summed E-state index contributed by atoms with van der Waals surface area (Å²) in [5.41, 5.74) is 0.529. The smallest absolute Gasteiger partial charge is 0.233 e. The van der Waals surface area contributed by atoms with Gasteiger partial charge in [0.25, 0.3) is 0 Å². The summed E-state index contributed by atoms with van der Waals surface area (Å²) < 4.78 is 19.2. The van der Waals surface area contributed by atoms with Crippen LogP contribution in [-0.2, 0) is 0 Å². The number of nitrogens with zero attached hydrogens (tertiary/aromatic N) is 4. The molecule has 2 aliphatic carbocycles. The minimum Gasteiger partial charge on any atom is -0.494 e. The maximum atomic E-state index is 14.2. The Kier molecular flexibility index (Phi) is 7.80. The average Bonchev–Trinajstić information content (AvgIpc) is 3.07. The molecule has 1 aromatic heterocycles. The number of ether oxygens (including phenoxy) is 1. The minimum atomic E-state index is -0.457. The first-order valence-corrected chi connectivity index (χ1v) is 12.1. The average molecular weight is 459 g/mol. The number of hydrogen-bond acceptors (Lipinski definition) is 8. The number of anilines is 4. The van der Waals surface area contributed by atoms with Crippen LogP contribution in [0.5, 0.6) is 5.75 Å². The molecule has 9 heteroatoms. The molecule has 33 heavy (non-hydrogen) atoms. The van der Waals surface area contributed by atoms with Crippen LogP contribution in [0.4, 0.5) is 27.9 Å². The Hall–Kier alpha value is -2.68. The number of rotatable bonds is 7. The lowest BCUT2D eigenvalue weighted by atomic mass is 9.92. The van der Waals surface area contributed by atoms with Gasteiger partial charge in [0.2, 0.25) is 17.8 Å². The van der Waals surface area contributed by atoms with Crippen molar-refractivity contribution in [3.63, 3.8) is 0 Å². The van der Waals surface area contributed by atoms with Crippen LogP contribution in [0.3, 0.4) is 0 Å². The predicted molar refractivity (Wildman–Crippen MR) is 128 cm³/mol. The highest BCUT2D eigenvalue weighted by Gasteiger charge is 2.26. The highest BCUT2D eigenvalue weighted by molar-refractivity contribution is 5.57. The van der Waals surface area contributed by atoms with E-state index in [1.165, 1.54) is 38.9 Å². The molecule has 4 rings (SSSR count). The van der Waals surface area contributed by atoms with E-state index in [-0.39, 0.29) is 17.9 Å². The zero-order chi connectivity index (χ0) is 23.2. The van der Waals surface area contributed by atoms with E-state index >= 15 is 0 Å². The van der Waals surface area contributed by atoms with Gasteiger partial charge >= 0.3 is 0 Å². The third-order valence-corrected chi connectivity index (χ3v) is 6.70. The van der Waals surface area contributed by atoms with E-state index in [2.05, 4.69) is 20.6 Å². The Bertz CT molecular complexity index is 922. The van der Waals surface area contributed by atoms with Gasteiger partial charge in [0.15, 0.2) is 11.6 Å². The van der Waals surface area contributed by atoms with Crippen LogP contribution in [0.15, 0.2) is 18.2 Å². The molecule has 2 aliphatic rings. The van der Waals surface area contributed by atoms with Crippen LogP contribution in [-0.4, -0.2) is 52.4 Å². The van der Waals surface area contributed by atoms with Crippen LogP contribution in [0.2, 0.25) is 0 Å². The van der Waals surface area contributed by atoms with Gasteiger partial charge in [-0.2, -0.15) is 15.0 Å². The Morgan fingerprint density at radius 3 is 2.45 bits per heavy atom. The van der Waals surface area contributed by atoms with Crippen molar-refractivity contribution >= 4 is 23.5 Å². The quantitative estimate of drug-likeness (QED) is 0.517. The number of hydrogen-bond donors (Lipinski definition) is 3. The first-order valence-electron chi connectivity index (χ1n) is 12.1. The zero-order valence-corrected chi connectivity index (χ0v) is 19.6. The van der Waals surface area contributed by atoms with Crippen molar-refractivity contribution in [1.29, 1.82) is 0 Å². The molecular formula is C24H35FN6O2. The van der Waals surface area contributed by atoms with Crippen LogP contribution >= 0.6 is 0 Å². The molecule has 2 saturated carbocycles. The molecule has 2 unspecified atom stereocenters. The SMILES string of the molecule is COc1ccc(Nc2nc(NC3CCCCCC3)nc(N(C)C3CCCC(O)C3)n2)cc1F. The number of nitrogens with one attached hydrogen (secondary N) is 2. The van der Waals surface area contributed by atoms with Gasteiger partial charge in [-0.05, 0) is 50.7 Å². The number of methoxy groups -OCH3 is 1. The van der Waals surface area contributed by atoms with Gasteiger partial charge in [-0.15, -0.1) is 0 Å². The summed E-state index contributed by atoms with van der Waals surface area (Å²) in [6.45, 7) is 0. The van der Waals surface area contributed by atoms with Crippen molar-refractivity contribution in [3.05, 3.63) is 24.0 Å². The third-order valence-electron chi connectivity index (χ3n) is 6.70. The zero-order valence-electron chi connectivity index (χ0n) is 19.6. The third kappa shape index (κ3) is 6.22. The normalized spacial score (nSPS) is 21.8. The summed E-state index contributed by atoms with van der Waals surface area (Å²) >= 11 is 0. The lowest BCUT2D eigenvalue weighted by Gasteiger charge is -2.33. The first kappa shape index (κ1) is 23.5. The highest BCUT2D eigenvalue weighted by Crippen LogP contribution is 2.28. The van der Waals surface area contributed by atoms with Crippen LogP contribution in [0.25, 0.3) is 0 Å². The van der Waals surface area contributed by atoms with Gasteiger partial charge in [-0.25, -0.2) is 4.39 Å². The van der Waals surface area contributed by atoms with E-state index in [4.69, 9.17) is 9.72 Å². The molecule has 1 aromatic carbocycles. The summed E-state index contributed by atoms with van der Waals surface area (Å²) in [7, 11) is 3.40. The summed E-state index contributed by atoms with van der Waals surface area (Å²) in [5.74, 6) is 1.14. The molecule has 0 amide bonds. The molecule has 2 fully saturated rings. The second kappa shape index (κ2) is 11.0. The maximum Gasteiger partial charge on any atom is 0.233 e. The van der Waals surface area contributed by atoms with Crippen LogP contribution < -0.4 is 20.3 Å². The summed E-state index contributed by atoms with van der Waals surface area (Å²) in [4.78, 5) is 16.0. The highest BCUT2D eigenvalue weighted by atomic mass is 19.1. The van der Waals surface area contributed by atoms with Gasteiger partial charge in [0.1, 0.15) is 0 Å². The first-order chi connectivity index (χ1) is 16.0. The molecule has 0 radical (unpaired) electrons. The Morgan fingerprint density at radius 1 is 1.00 bits per heavy atom. The predicted octanol–water partition coefficient (Wildman–Crippen LogP) is 4.64. The van der Waals surface area contributed by atoms with Crippen LogP contribution in [0, 0.1) is 5.82 Å². The largest absolute Gasteiger partial charge is 0.494 e. The van der Waals surface area contributed by atoms with Crippen molar-refractivity contribution in [2.45, 2.75) is 82.4 Å². The summed E-state index contributed by atoms with van der Waals surface area (Å²) in [6, 6.07) is 5.15. The molecule has 0 saturated heterocycles. The summed E-state index contributed by atoms with van der Waals surface area (Å²) in [5, 5.41) is 16.8. The molecule has 2 atom stereocenters. The van der Waals surface area contributed by atoms with E-state index < -0.39 is 5.82 Å². The summed E-state index contributed by atoms with van der Waals surface area (Å²) in [6.07, 6.45) is 10.3. The minimum absolute atomic E-state index is 0.160. The van der Waals surface area contributed by atoms with E-state index in [0.29, 0.717) is 36.0 Å². The van der Waals surface area contributed by atoms with E-state index in [0.717, 1.165) is 32.1 Å². The molecule has 0 spiro atoms. The fourth-order valence-corrected chi connectivity index (χ4v) is 4.78. The van der Waals surface area contributed by atoms with Crippen molar-refractivity contribution in [3.8, 4) is 5.75 Å². The van der Waals surface area contributed by atoms with Crippen LogP contribution in [0.1, 0.15) is 64.2 Å². The second-order valence-electron chi connectivity index (χ2n) is 9.17. The Balaban J connectivity index is 1.59. The molecule has 180 valence electrons. The number of aliphatic hydroxyl groups excluding tert-OH is 1. The number of aromatic nitrogens is 3. The maximum absolute atomic E-state index is 14.2. The topological polar surface area (TPSA) is 95.4 Å². The molecular weight excluding hydrogens is 423 g/mol. The number of aliphatic hydroxyl groups is 1. The van der Waals surface area contributed by atoms with Crippen molar-refractivity contribution in [1.82, 2.24) is 15.0 Å². The molecule has 0 bridgehead atoms. The molecule has 2 aromatic rings. The standard InChI is InChI=1S/C24H35FN6O2/c1-31(18-10-7-11-19(32)15-18)24-29-22(26-16-8-5-3-4-6-9-16)28-23(30-24)27-17-12-13-21(33-2)20(25)14-17/h12-14,16,18-19,32H,3-11,15H2,1-2H3,(H2,26,27,28,29,30). The van der Waals surface area contributed by atoms with Crippen molar-refractivity contribution in [2.75, 3.05) is 29.7 Å². The number of halogens is 1. The Morgan fingerprint density at radius 2 is 1.76 bits per heavy atom. The van der Waals surface area contributed by atoms with Gasteiger partial charge in [0, 0.05) is 30.9 Å². The molecule has 3 N–H and O–H groups in total. The molecule has 1 heterocycles. The van der Waals surface area contributed by atoms with E-state index in [1.54, 1.807) is 12.1 Å². The monoisotopic (exact) mass is 458 g/mol. The van der Waals surface area contributed by atoms with Gasteiger partial charge in [0.05, 0.1) is 13.2 Å². The fraction of sp³-hybridized carbons (Fsp3) is 0.625. The van der Waals surface area contributed by atoms with Gasteiger partial charge in [-0.1, -0.05) is 25.7 Å². The Labute approximate surface area is 195 Å². The lowest BCUT2D eigenvalue weighted by Crippen LogP contribution is -2.39. The van der Waals surface area contributed by atoms with Gasteiger partial charge in [-0.3, -0.25) is 0 Å². The van der Waals surface area contributed by atoms with E-state index in [9.17, 15) is 9.50 Å². The van der Waals surface area contributed by atoms with Crippen molar-refractivity contribution in [2.24, 2.45) is 0 Å². The van der Waals surface area contributed by atoms with Crippen molar-refractivity contribution < 1.29 is 14.2 Å². The van der Waals surface area contributed by atoms with Gasteiger partial charge < -0.3 is 25.4 Å². The lowest BCUT2D eigenvalue weighted by molar-refractivity contribution is 0.119. The number of benzene rings is 1.